The molecule has 0 bridgehead atoms. The van der Waals surface area contributed by atoms with Gasteiger partial charge in [-0.2, -0.15) is 0 Å². The van der Waals surface area contributed by atoms with Crippen molar-refractivity contribution in [3.8, 4) is 17.1 Å². The molecule has 0 aliphatic heterocycles. The molecule has 1 amide bonds. The fourth-order valence-electron chi connectivity index (χ4n) is 3.10. The first-order valence-electron chi connectivity index (χ1n) is 9.20. The molecule has 0 saturated carbocycles. The van der Waals surface area contributed by atoms with Gasteiger partial charge in [-0.1, -0.05) is 12.1 Å². The van der Waals surface area contributed by atoms with Gasteiger partial charge < -0.3 is 15.0 Å². The topological polar surface area (TPSA) is 83.0 Å². The van der Waals surface area contributed by atoms with Crippen molar-refractivity contribution in [2.24, 2.45) is 5.73 Å². The smallest absolute Gasteiger partial charge is 0.248 e. The van der Waals surface area contributed by atoms with Crippen LogP contribution in [0.3, 0.4) is 0 Å². The van der Waals surface area contributed by atoms with Gasteiger partial charge in [0.2, 0.25) is 5.91 Å². The number of primary amides is 1. The van der Waals surface area contributed by atoms with E-state index in [4.69, 9.17) is 10.5 Å². The molecular weight excluding hydrogens is 397 g/mol. The van der Waals surface area contributed by atoms with E-state index >= 15 is 0 Å². The zero-order valence-electron chi connectivity index (χ0n) is 16.9. The quantitative estimate of drug-likeness (QED) is 0.645. The Hall–Kier alpha value is -3.36. The van der Waals surface area contributed by atoms with Crippen LogP contribution in [-0.2, 0) is 5.60 Å². The third-order valence-electron chi connectivity index (χ3n) is 4.50. The summed E-state index contributed by atoms with van der Waals surface area (Å²) >= 11 is 0. The predicted octanol–water partition coefficient (Wildman–Crippen LogP) is 4.36. The van der Waals surface area contributed by atoms with Crippen LogP contribution in [0.15, 0.2) is 36.4 Å². The van der Waals surface area contributed by atoms with Crippen LogP contribution in [0, 0.1) is 17.5 Å². The largest absolute Gasteiger partial charge is 0.474 e. The van der Waals surface area contributed by atoms with E-state index in [2.05, 4.69) is 10.2 Å². The Morgan fingerprint density at radius 2 is 1.63 bits per heavy atom. The summed E-state index contributed by atoms with van der Waals surface area (Å²) in [5, 5.41) is 8.41. The highest BCUT2D eigenvalue weighted by Crippen LogP contribution is 2.34. The minimum atomic E-state index is -1.30. The number of benzene rings is 2. The number of halogens is 3. The first-order valence-corrected chi connectivity index (χ1v) is 9.20. The van der Waals surface area contributed by atoms with E-state index in [0.717, 1.165) is 0 Å². The second-order valence-corrected chi connectivity index (χ2v) is 7.56. The second-order valence-electron chi connectivity index (χ2n) is 7.56. The van der Waals surface area contributed by atoms with Crippen molar-refractivity contribution >= 4 is 5.91 Å². The average Bonchev–Trinajstić information content (AvgIpc) is 3.11. The molecule has 158 valence electrons. The summed E-state index contributed by atoms with van der Waals surface area (Å²) in [6, 6.07) is 7.47. The lowest BCUT2D eigenvalue weighted by atomic mass is 10.1. The highest BCUT2D eigenvalue weighted by atomic mass is 19.1. The molecule has 0 aliphatic rings. The van der Waals surface area contributed by atoms with Gasteiger partial charge in [-0.05, 0) is 39.8 Å². The van der Waals surface area contributed by atoms with Crippen molar-refractivity contribution < 1.29 is 22.7 Å². The van der Waals surface area contributed by atoms with E-state index < -0.39 is 34.7 Å². The van der Waals surface area contributed by atoms with Crippen molar-refractivity contribution in [2.45, 2.75) is 39.3 Å². The van der Waals surface area contributed by atoms with Gasteiger partial charge in [0.15, 0.2) is 34.6 Å². The van der Waals surface area contributed by atoms with Crippen molar-refractivity contribution in [1.29, 1.82) is 0 Å². The molecule has 0 radical (unpaired) electrons. The van der Waals surface area contributed by atoms with Gasteiger partial charge in [0.1, 0.15) is 5.82 Å². The maximum Gasteiger partial charge on any atom is 0.248 e. The number of hydrogen-bond acceptors (Lipinski definition) is 4. The van der Waals surface area contributed by atoms with Crippen molar-refractivity contribution in [3.63, 3.8) is 0 Å². The van der Waals surface area contributed by atoms with Crippen LogP contribution in [0.4, 0.5) is 13.2 Å². The van der Waals surface area contributed by atoms with Gasteiger partial charge in [0, 0.05) is 29.3 Å². The summed E-state index contributed by atoms with van der Waals surface area (Å²) in [4.78, 5) is 11.3. The molecule has 3 rings (SSSR count). The molecule has 0 atom stereocenters. The van der Waals surface area contributed by atoms with Crippen molar-refractivity contribution in [2.75, 3.05) is 0 Å². The molecule has 6 nitrogen and oxygen atoms in total. The zero-order valence-corrected chi connectivity index (χ0v) is 16.9. The van der Waals surface area contributed by atoms with Crippen LogP contribution in [0.2, 0.25) is 0 Å². The van der Waals surface area contributed by atoms with E-state index in [9.17, 15) is 18.0 Å². The minimum absolute atomic E-state index is 0.133. The highest BCUT2D eigenvalue weighted by Gasteiger charge is 2.34. The molecule has 3 aromatic rings. The van der Waals surface area contributed by atoms with Gasteiger partial charge in [-0.25, -0.2) is 13.2 Å². The van der Waals surface area contributed by atoms with E-state index in [-0.39, 0.29) is 6.04 Å². The van der Waals surface area contributed by atoms with Gasteiger partial charge in [0.05, 0.1) is 0 Å². The normalized spacial score (nSPS) is 11.7. The molecule has 0 saturated heterocycles. The molecule has 0 aliphatic carbocycles. The summed E-state index contributed by atoms with van der Waals surface area (Å²) in [7, 11) is 0. The van der Waals surface area contributed by atoms with E-state index in [1.807, 2.05) is 13.8 Å². The Morgan fingerprint density at radius 1 is 1.07 bits per heavy atom. The van der Waals surface area contributed by atoms with E-state index in [0.29, 0.717) is 34.9 Å². The van der Waals surface area contributed by atoms with Crippen LogP contribution in [0.5, 0.6) is 5.75 Å². The first kappa shape index (κ1) is 21.4. The predicted molar refractivity (Wildman–Crippen MR) is 104 cm³/mol. The fourth-order valence-corrected chi connectivity index (χ4v) is 3.10. The van der Waals surface area contributed by atoms with Crippen LogP contribution in [0.1, 0.15) is 49.9 Å². The number of nitrogens with zero attached hydrogens (tertiary/aromatic N) is 3. The van der Waals surface area contributed by atoms with Crippen molar-refractivity contribution in [1.82, 2.24) is 14.8 Å². The van der Waals surface area contributed by atoms with Gasteiger partial charge in [0.25, 0.3) is 0 Å². The zero-order chi connectivity index (χ0) is 22.2. The second kappa shape index (κ2) is 7.81. The molecule has 9 heteroatoms. The number of rotatable bonds is 6. The standard InChI is InChI=1S/C21H21F3N4O2/c1-11(2)28-19(13-7-5-12(6-8-13)18(25)29)26-27-20(28)21(3,4)30-17-15(23)9-14(22)10-16(17)24/h5-11H,1-4H3,(H2,25,29). The molecule has 0 unspecified atom stereocenters. The Kier molecular flexibility index (Phi) is 5.56. The number of aromatic nitrogens is 3. The molecule has 2 N–H and O–H groups in total. The molecule has 0 fully saturated rings. The monoisotopic (exact) mass is 418 g/mol. The Morgan fingerprint density at radius 3 is 2.13 bits per heavy atom. The van der Waals surface area contributed by atoms with Crippen LogP contribution in [-0.4, -0.2) is 20.7 Å². The Balaban J connectivity index is 2.05. The maximum absolute atomic E-state index is 14.1. The lowest BCUT2D eigenvalue weighted by molar-refractivity contribution is 0.0811. The summed E-state index contributed by atoms with van der Waals surface area (Å²) < 4.78 is 48.8. The first-order chi connectivity index (χ1) is 14.0. The lowest BCUT2D eigenvalue weighted by Gasteiger charge is -2.28. The Bertz CT molecular complexity index is 1070. The molecule has 1 aromatic heterocycles. The Labute approximate surface area is 171 Å². The van der Waals surface area contributed by atoms with Crippen LogP contribution < -0.4 is 10.5 Å². The molecule has 1 heterocycles. The van der Waals surface area contributed by atoms with Gasteiger partial charge >= 0.3 is 0 Å². The number of ether oxygens (including phenoxy) is 1. The average molecular weight is 418 g/mol. The van der Waals surface area contributed by atoms with Crippen LogP contribution >= 0.6 is 0 Å². The summed E-state index contributed by atoms with van der Waals surface area (Å²) in [5.74, 6) is -3.81. The highest BCUT2D eigenvalue weighted by molar-refractivity contribution is 5.93. The molecule has 0 spiro atoms. The molecular formula is C21H21F3N4O2. The SMILES string of the molecule is CC(C)n1c(-c2ccc(C(N)=O)cc2)nnc1C(C)(C)Oc1c(F)cc(F)cc1F. The molecule has 30 heavy (non-hydrogen) atoms. The molecule has 2 aromatic carbocycles. The third-order valence-corrected chi connectivity index (χ3v) is 4.50. The fraction of sp³-hybridized carbons (Fsp3) is 0.286. The number of amides is 1. The number of carbonyl (C=O) groups is 1. The number of carbonyl (C=O) groups excluding carboxylic acids is 1. The van der Waals surface area contributed by atoms with Crippen LogP contribution in [0.25, 0.3) is 11.4 Å². The van der Waals surface area contributed by atoms with E-state index in [1.54, 1.807) is 42.7 Å². The summed E-state index contributed by atoms with van der Waals surface area (Å²) in [6.07, 6.45) is 0. The minimum Gasteiger partial charge on any atom is -0.474 e. The summed E-state index contributed by atoms with van der Waals surface area (Å²) in [6.45, 7) is 6.95. The van der Waals surface area contributed by atoms with Gasteiger partial charge in [-0.3, -0.25) is 4.79 Å². The third kappa shape index (κ3) is 4.00. The van der Waals surface area contributed by atoms with Crippen molar-refractivity contribution in [3.05, 3.63) is 65.2 Å². The lowest BCUT2D eigenvalue weighted by Crippen LogP contribution is -2.31. The number of hydrogen-bond donors (Lipinski definition) is 1. The summed E-state index contributed by atoms with van der Waals surface area (Å²) in [5.41, 5.74) is 4.99. The van der Waals surface area contributed by atoms with Gasteiger partial charge in [-0.15, -0.1) is 10.2 Å². The number of nitrogens with two attached hydrogens (primary N) is 1. The van der Waals surface area contributed by atoms with E-state index in [1.165, 1.54) is 0 Å². The maximum atomic E-state index is 14.1.